The number of rotatable bonds is 7. The maximum Gasteiger partial charge on any atom is 0.126 e. The molecule has 0 aliphatic carbocycles. The van der Waals surface area contributed by atoms with Gasteiger partial charge in [0.15, 0.2) is 0 Å². The summed E-state index contributed by atoms with van der Waals surface area (Å²) in [7, 11) is 3.42. The largest absolute Gasteiger partial charge is 0.496 e. The first-order chi connectivity index (χ1) is 8.96. The minimum absolute atomic E-state index is 0.0144. The summed E-state index contributed by atoms with van der Waals surface area (Å²) in [5.74, 6) is 1.79. The van der Waals surface area contributed by atoms with Gasteiger partial charge in [0, 0.05) is 11.6 Å². The molecule has 0 aliphatic rings. The fraction of sp³-hybridized carbons (Fsp3) is 0.625. The van der Waals surface area contributed by atoms with Gasteiger partial charge in [-0.15, -0.1) is 0 Å². The van der Waals surface area contributed by atoms with Crippen molar-refractivity contribution in [3.8, 4) is 11.5 Å². The van der Waals surface area contributed by atoms with E-state index in [0.29, 0.717) is 6.04 Å². The van der Waals surface area contributed by atoms with Crippen molar-refractivity contribution in [3.63, 3.8) is 0 Å². The highest BCUT2D eigenvalue weighted by Gasteiger charge is 2.29. The van der Waals surface area contributed by atoms with E-state index in [9.17, 15) is 0 Å². The minimum atomic E-state index is -0.0144. The van der Waals surface area contributed by atoms with Crippen molar-refractivity contribution < 1.29 is 9.47 Å². The molecule has 0 bridgehead atoms. The highest BCUT2D eigenvalue weighted by Crippen LogP contribution is 2.41. The summed E-state index contributed by atoms with van der Waals surface area (Å²) in [5, 5.41) is 3.46. The molecule has 1 aromatic carbocycles. The molecule has 1 aromatic rings. The van der Waals surface area contributed by atoms with Crippen LogP contribution in [-0.2, 0) is 5.41 Å². The normalized spacial score (nSPS) is 13.2. The molecular weight excluding hydrogens is 238 g/mol. The van der Waals surface area contributed by atoms with Crippen LogP contribution in [0.25, 0.3) is 0 Å². The third-order valence-electron chi connectivity index (χ3n) is 3.47. The average Bonchev–Trinajstić information content (AvgIpc) is 2.37. The van der Waals surface area contributed by atoms with E-state index >= 15 is 0 Å². The Bertz CT molecular complexity index is 379. The number of methoxy groups -OCH3 is 2. The molecule has 3 nitrogen and oxygen atoms in total. The van der Waals surface area contributed by atoms with E-state index in [0.717, 1.165) is 30.0 Å². The number of hydrogen-bond donors (Lipinski definition) is 1. The van der Waals surface area contributed by atoms with Crippen LogP contribution in [0.2, 0.25) is 0 Å². The van der Waals surface area contributed by atoms with Crippen molar-refractivity contribution in [3.05, 3.63) is 23.8 Å². The Kier molecular flexibility index (Phi) is 5.67. The van der Waals surface area contributed by atoms with Gasteiger partial charge in [-0.1, -0.05) is 26.8 Å². The van der Waals surface area contributed by atoms with Gasteiger partial charge >= 0.3 is 0 Å². The van der Waals surface area contributed by atoms with Gasteiger partial charge in [-0.3, -0.25) is 0 Å². The maximum absolute atomic E-state index is 5.52. The lowest BCUT2D eigenvalue weighted by atomic mass is 9.78. The molecule has 0 aromatic heterocycles. The molecule has 0 radical (unpaired) electrons. The van der Waals surface area contributed by atoms with E-state index < -0.39 is 0 Å². The fourth-order valence-electron chi connectivity index (χ4n) is 2.81. The van der Waals surface area contributed by atoms with Crippen molar-refractivity contribution in [2.75, 3.05) is 20.8 Å². The Morgan fingerprint density at radius 1 is 1.16 bits per heavy atom. The number of hydrogen-bond acceptors (Lipinski definition) is 3. The molecule has 0 amide bonds. The van der Waals surface area contributed by atoms with Gasteiger partial charge in [0.1, 0.15) is 11.5 Å². The van der Waals surface area contributed by atoms with Gasteiger partial charge < -0.3 is 14.8 Å². The summed E-state index contributed by atoms with van der Waals surface area (Å²) < 4.78 is 11.0. The van der Waals surface area contributed by atoms with Crippen LogP contribution in [0.3, 0.4) is 0 Å². The average molecular weight is 265 g/mol. The van der Waals surface area contributed by atoms with Gasteiger partial charge in [0.05, 0.1) is 14.2 Å². The molecule has 0 aliphatic heterocycles. The number of ether oxygens (including phenoxy) is 2. The van der Waals surface area contributed by atoms with E-state index in [1.165, 1.54) is 0 Å². The van der Waals surface area contributed by atoms with Gasteiger partial charge in [-0.2, -0.15) is 0 Å². The molecular formula is C16H27NO2. The molecule has 108 valence electrons. The van der Waals surface area contributed by atoms with Crippen LogP contribution < -0.4 is 14.8 Å². The van der Waals surface area contributed by atoms with Crippen molar-refractivity contribution in [2.24, 2.45) is 0 Å². The van der Waals surface area contributed by atoms with E-state index in [-0.39, 0.29) is 5.41 Å². The molecule has 1 rings (SSSR count). The van der Waals surface area contributed by atoms with Gasteiger partial charge in [-0.25, -0.2) is 0 Å². The Morgan fingerprint density at radius 2 is 1.68 bits per heavy atom. The van der Waals surface area contributed by atoms with E-state index in [2.05, 4.69) is 33.0 Å². The number of nitrogens with one attached hydrogen (secondary N) is 1. The maximum atomic E-state index is 5.52. The zero-order valence-corrected chi connectivity index (χ0v) is 13.0. The predicted octanol–water partition coefficient (Wildman–Crippen LogP) is 3.37. The Labute approximate surface area is 117 Å². The summed E-state index contributed by atoms with van der Waals surface area (Å²) >= 11 is 0. The van der Waals surface area contributed by atoms with Crippen LogP contribution >= 0.6 is 0 Å². The van der Waals surface area contributed by atoms with Crippen LogP contribution in [0.5, 0.6) is 11.5 Å². The van der Waals surface area contributed by atoms with Crippen molar-refractivity contribution >= 4 is 0 Å². The Morgan fingerprint density at radius 3 is 2.11 bits per heavy atom. The highest BCUT2D eigenvalue weighted by molar-refractivity contribution is 5.49. The second-order valence-corrected chi connectivity index (χ2v) is 5.58. The first-order valence-electron chi connectivity index (χ1n) is 6.91. The molecule has 0 saturated heterocycles. The van der Waals surface area contributed by atoms with Crippen LogP contribution in [-0.4, -0.2) is 26.8 Å². The van der Waals surface area contributed by atoms with Gasteiger partial charge in [0.2, 0.25) is 0 Å². The molecule has 0 spiro atoms. The molecule has 0 heterocycles. The first-order valence-corrected chi connectivity index (χ1v) is 6.91. The van der Waals surface area contributed by atoms with Gasteiger partial charge in [0.25, 0.3) is 0 Å². The predicted molar refractivity (Wildman–Crippen MR) is 80.3 cm³/mol. The molecule has 1 atom stereocenters. The summed E-state index contributed by atoms with van der Waals surface area (Å²) in [6.45, 7) is 9.81. The smallest absolute Gasteiger partial charge is 0.126 e. The van der Waals surface area contributed by atoms with Gasteiger partial charge in [-0.05, 0) is 37.4 Å². The topological polar surface area (TPSA) is 30.5 Å². The second kappa shape index (κ2) is 6.80. The molecule has 1 N–H and O–H groups in total. The highest BCUT2D eigenvalue weighted by atomic mass is 16.5. The molecule has 19 heavy (non-hydrogen) atoms. The van der Waals surface area contributed by atoms with Crippen LogP contribution in [0.1, 0.15) is 39.7 Å². The summed E-state index contributed by atoms with van der Waals surface area (Å²) in [5.41, 5.74) is 1.13. The quantitative estimate of drug-likeness (QED) is 0.820. The van der Waals surface area contributed by atoms with E-state index in [1.807, 2.05) is 18.2 Å². The lowest BCUT2D eigenvalue weighted by Gasteiger charge is -2.31. The molecule has 0 saturated carbocycles. The monoisotopic (exact) mass is 265 g/mol. The third-order valence-corrected chi connectivity index (χ3v) is 3.47. The zero-order chi connectivity index (χ0) is 14.5. The molecule has 3 heteroatoms. The SMILES string of the molecule is CCNC(C)CC(C)(C)c1c(OC)cccc1OC. The van der Waals surface area contributed by atoms with Crippen molar-refractivity contribution in [1.82, 2.24) is 5.32 Å². The van der Waals surface area contributed by atoms with Crippen molar-refractivity contribution in [2.45, 2.75) is 45.6 Å². The molecule has 0 fully saturated rings. The number of benzene rings is 1. The second-order valence-electron chi connectivity index (χ2n) is 5.58. The third kappa shape index (κ3) is 3.87. The summed E-state index contributed by atoms with van der Waals surface area (Å²) in [6.07, 6.45) is 1.03. The minimum Gasteiger partial charge on any atom is -0.496 e. The van der Waals surface area contributed by atoms with Crippen LogP contribution in [0.15, 0.2) is 18.2 Å². The summed E-state index contributed by atoms with van der Waals surface area (Å²) in [6, 6.07) is 6.41. The van der Waals surface area contributed by atoms with Crippen molar-refractivity contribution in [1.29, 1.82) is 0 Å². The standard InChI is InChI=1S/C16H27NO2/c1-7-17-12(2)11-16(3,4)15-13(18-5)9-8-10-14(15)19-6/h8-10,12,17H,7,11H2,1-6H3. The lowest BCUT2D eigenvalue weighted by molar-refractivity contribution is 0.336. The lowest BCUT2D eigenvalue weighted by Crippen LogP contribution is -2.33. The first kappa shape index (κ1) is 15.8. The summed E-state index contributed by atoms with van der Waals surface area (Å²) in [4.78, 5) is 0. The Balaban J connectivity index is 3.11. The fourth-order valence-corrected chi connectivity index (χ4v) is 2.81. The van der Waals surface area contributed by atoms with Crippen LogP contribution in [0, 0.1) is 0 Å². The van der Waals surface area contributed by atoms with Crippen LogP contribution in [0.4, 0.5) is 0 Å². The van der Waals surface area contributed by atoms with E-state index in [4.69, 9.17) is 9.47 Å². The Hall–Kier alpha value is -1.22. The molecule has 1 unspecified atom stereocenters. The van der Waals surface area contributed by atoms with E-state index in [1.54, 1.807) is 14.2 Å². The zero-order valence-electron chi connectivity index (χ0n) is 13.0.